The SMILES string of the molecule is O=C(O)C1CC2CC(C1)CN(CC1CCCO1)C2. The molecule has 2 bridgehead atoms. The zero-order valence-electron chi connectivity index (χ0n) is 10.9. The van der Waals surface area contributed by atoms with Crippen molar-refractivity contribution in [3.8, 4) is 0 Å². The number of fused-ring (bicyclic) bond motifs is 2. The first-order chi connectivity index (χ1) is 8.70. The van der Waals surface area contributed by atoms with Crippen LogP contribution in [0, 0.1) is 17.8 Å². The molecule has 3 unspecified atom stereocenters. The quantitative estimate of drug-likeness (QED) is 0.830. The Balaban J connectivity index is 1.54. The van der Waals surface area contributed by atoms with E-state index in [2.05, 4.69) is 4.90 Å². The van der Waals surface area contributed by atoms with Crippen LogP contribution in [0.2, 0.25) is 0 Å². The van der Waals surface area contributed by atoms with Gasteiger partial charge in [-0.2, -0.15) is 0 Å². The largest absolute Gasteiger partial charge is 0.481 e. The number of hydrogen-bond donors (Lipinski definition) is 1. The second-order valence-corrected chi connectivity index (χ2v) is 6.33. The topological polar surface area (TPSA) is 49.8 Å². The summed E-state index contributed by atoms with van der Waals surface area (Å²) in [5.41, 5.74) is 0. The molecule has 4 heteroatoms. The first kappa shape index (κ1) is 12.4. The maximum absolute atomic E-state index is 11.1. The van der Waals surface area contributed by atoms with Gasteiger partial charge in [0.1, 0.15) is 0 Å². The van der Waals surface area contributed by atoms with Crippen LogP contribution in [-0.2, 0) is 9.53 Å². The molecule has 3 rings (SSSR count). The number of nitrogens with zero attached hydrogens (tertiary/aromatic N) is 1. The average molecular weight is 253 g/mol. The highest BCUT2D eigenvalue weighted by atomic mass is 16.5. The molecule has 18 heavy (non-hydrogen) atoms. The van der Waals surface area contributed by atoms with Gasteiger partial charge in [0.15, 0.2) is 0 Å². The van der Waals surface area contributed by atoms with Crippen LogP contribution in [0.1, 0.15) is 32.1 Å². The lowest BCUT2D eigenvalue weighted by molar-refractivity contribution is -0.145. The van der Waals surface area contributed by atoms with Gasteiger partial charge in [-0.25, -0.2) is 0 Å². The Hall–Kier alpha value is -0.610. The van der Waals surface area contributed by atoms with Crippen LogP contribution in [0.15, 0.2) is 0 Å². The van der Waals surface area contributed by atoms with E-state index in [0.717, 1.165) is 39.1 Å². The predicted molar refractivity (Wildman–Crippen MR) is 67.4 cm³/mol. The van der Waals surface area contributed by atoms with Crippen molar-refractivity contribution in [1.29, 1.82) is 0 Å². The molecule has 3 aliphatic rings. The van der Waals surface area contributed by atoms with E-state index >= 15 is 0 Å². The highest BCUT2D eigenvalue weighted by Crippen LogP contribution is 2.38. The van der Waals surface area contributed by atoms with Crippen LogP contribution in [0.5, 0.6) is 0 Å². The molecular formula is C14H23NO3. The Morgan fingerprint density at radius 3 is 2.50 bits per heavy atom. The molecule has 3 fully saturated rings. The molecule has 0 aromatic heterocycles. The fourth-order valence-corrected chi connectivity index (χ4v) is 4.09. The van der Waals surface area contributed by atoms with E-state index in [9.17, 15) is 4.79 Å². The Morgan fingerprint density at radius 2 is 1.94 bits per heavy atom. The summed E-state index contributed by atoms with van der Waals surface area (Å²) >= 11 is 0. The van der Waals surface area contributed by atoms with Gasteiger partial charge in [-0.05, 0) is 43.9 Å². The lowest BCUT2D eigenvalue weighted by Crippen LogP contribution is -2.47. The summed E-state index contributed by atoms with van der Waals surface area (Å²) in [6.45, 7) is 4.15. The van der Waals surface area contributed by atoms with Gasteiger partial charge < -0.3 is 14.7 Å². The van der Waals surface area contributed by atoms with E-state index in [4.69, 9.17) is 9.84 Å². The lowest BCUT2D eigenvalue weighted by atomic mass is 9.72. The number of carboxylic acids is 1. The fourth-order valence-electron chi connectivity index (χ4n) is 4.09. The van der Waals surface area contributed by atoms with Gasteiger partial charge in [0.05, 0.1) is 12.0 Å². The van der Waals surface area contributed by atoms with Crippen LogP contribution < -0.4 is 0 Å². The average Bonchev–Trinajstić information content (AvgIpc) is 2.80. The molecule has 1 N–H and O–H groups in total. The third kappa shape index (κ3) is 2.69. The van der Waals surface area contributed by atoms with E-state index < -0.39 is 5.97 Å². The standard InChI is InChI=1S/C14H23NO3/c16-14(17)12-5-10-4-11(6-12)8-15(7-10)9-13-2-1-3-18-13/h10-13H,1-9H2,(H,16,17). The van der Waals surface area contributed by atoms with Crippen LogP contribution in [-0.4, -0.2) is 48.3 Å². The summed E-state index contributed by atoms with van der Waals surface area (Å²) in [4.78, 5) is 13.6. The minimum absolute atomic E-state index is 0.0846. The van der Waals surface area contributed by atoms with E-state index in [1.54, 1.807) is 0 Å². The molecule has 4 nitrogen and oxygen atoms in total. The second kappa shape index (κ2) is 5.17. The fraction of sp³-hybridized carbons (Fsp3) is 0.929. The zero-order chi connectivity index (χ0) is 12.5. The van der Waals surface area contributed by atoms with Gasteiger partial charge in [-0.1, -0.05) is 0 Å². The molecular weight excluding hydrogens is 230 g/mol. The number of carboxylic acid groups (broad SMARTS) is 1. The number of ether oxygens (including phenoxy) is 1. The van der Waals surface area contributed by atoms with Crippen LogP contribution >= 0.6 is 0 Å². The van der Waals surface area contributed by atoms with E-state index in [1.807, 2.05) is 0 Å². The van der Waals surface area contributed by atoms with Gasteiger partial charge in [-0.3, -0.25) is 4.79 Å². The van der Waals surface area contributed by atoms with Crippen molar-refractivity contribution in [1.82, 2.24) is 4.90 Å². The normalized spacial score (nSPS) is 40.9. The molecule has 102 valence electrons. The van der Waals surface area contributed by atoms with Gasteiger partial charge in [0, 0.05) is 26.2 Å². The van der Waals surface area contributed by atoms with Crippen molar-refractivity contribution in [3.63, 3.8) is 0 Å². The molecule has 2 aliphatic heterocycles. The maximum atomic E-state index is 11.1. The zero-order valence-corrected chi connectivity index (χ0v) is 10.9. The molecule has 0 radical (unpaired) electrons. The summed E-state index contributed by atoms with van der Waals surface area (Å²) < 4.78 is 5.70. The minimum atomic E-state index is -0.586. The summed E-state index contributed by atoms with van der Waals surface area (Å²) in [5, 5.41) is 9.16. The number of rotatable bonds is 3. The van der Waals surface area contributed by atoms with Crippen LogP contribution in [0.3, 0.4) is 0 Å². The van der Waals surface area contributed by atoms with E-state index in [0.29, 0.717) is 17.9 Å². The summed E-state index contributed by atoms with van der Waals surface area (Å²) in [6, 6.07) is 0. The third-order valence-electron chi connectivity index (χ3n) is 4.77. The molecule has 2 heterocycles. The van der Waals surface area contributed by atoms with Crippen molar-refractivity contribution in [3.05, 3.63) is 0 Å². The summed E-state index contributed by atoms with van der Waals surface area (Å²) in [5.74, 6) is 0.524. The Labute approximate surface area is 108 Å². The van der Waals surface area contributed by atoms with Crippen molar-refractivity contribution in [2.24, 2.45) is 17.8 Å². The summed E-state index contributed by atoms with van der Waals surface area (Å²) in [6.07, 6.45) is 5.84. The lowest BCUT2D eigenvalue weighted by Gasteiger charge is -2.43. The highest BCUT2D eigenvalue weighted by molar-refractivity contribution is 5.70. The molecule has 1 saturated carbocycles. The summed E-state index contributed by atoms with van der Waals surface area (Å²) in [7, 11) is 0. The number of piperidine rings is 1. The predicted octanol–water partition coefficient (Wildman–Crippen LogP) is 1.60. The molecule has 0 aromatic carbocycles. The van der Waals surface area contributed by atoms with Gasteiger partial charge in [0.25, 0.3) is 0 Å². The van der Waals surface area contributed by atoms with Crippen molar-refractivity contribution in [2.75, 3.05) is 26.2 Å². The van der Waals surface area contributed by atoms with E-state index in [-0.39, 0.29) is 5.92 Å². The highest BCUT2D eigenvalue weighted by Gasteiger charge is 2.38. The first-order valence-corrected chi connectivity index (χ1v) is 7.27. The number of carbonyl (C=O) groups is 1. The third-order valence-corrected chi connectivity index (χ3v) is 4.77. The van der Waals surface area contributed by atoms with Crippen molar-refractivity contribution >= 4 is 5.97 Å². The minimum Gasteiger partial charge on any atom is -0.481 e. The molecule has 2 saturated heterocycles. The molecule has 0 aromatic rings. The molecule has 3 atom stereocenters. The number of aliphatic carboxylic acids is 1. The van der Waals surface area contributed by atoms with Gasteiger partial charge in [0.2, 0.25) is 0 Å². The maximum Gasteiger partial charge on any atom is 0.306 e. The Bertz CT molecular complexity index is 300. The molecule has 1 aliphatic carbocycles. The first-order valence-electron chi connectivity index (χ1n) is 7.27. The van der Waals surface area contributed by atoms with E-state index in [1.165, 1.54) is 19.3 Å². The van der Waals surface area contributed by atoms with Crippen molar-refractivity contribution in [2.45, 2.75) is 38.2 Å². The van der Waals surface area contributed by atoms with Crippen LogP contribution in [0.25, 0.3) is 0 Å². The Morgan fingerprint density at radius 1 is 1.22 bits per heavy atom. The monoisotopic (exact) mass is 253 g/mol. The number of hydrogen-bond acceptors (Lipinski definition) is 3. The molecule has 0 spiro atoms. The van der Waals surface area contributed by atoms with Crippen LogP contribution in [0.4, 0.5) is 0 Å². The smallest absolute Gasteiger partial charge is 0.306 e. The molecule has 0 amide bonds. The Kier molecular flexibility index (Phi) is 3.57. The van der Waals surface area contributed by atoms with Gasteiger partial charge in [-0.15, -0.1) is 0 Å². The van der Waals surface area contributed by atoms with Gasteiger partial charge >= 0.3 is 5.97 Å². The number of likely N-dealkylation sites (tertiary alicyclic amines) is 1. The second-order valence-electron chi connectivity index (χ2n) is 6.33. The van der Waals surface area contributed by atoms with Crippen molar-refractivity contribution < 1.29 is 14.6 Å².